The van der Waals surface area contributed by atoms with Crippen LogP contribution in [0.25, 0.3) is 0 Å². The second-order valence-electron chi connectivity index (χ2n) is 4.88. The van der Waals surface area contributed by atoms with Gasteiger partial charge in [0.15, 0.2) is 0 Å². The molecule has 0 radical (unpaired) electrons. The lowest BCUT2D eigenvalue weighted by Gasteiger charge is -2.32. The van der Waals surface area contributed by atoms with Crippen LogP contribution in [0.4, 0.5) is 0 Å². The predicted octanol–water partition coefficient (Wildman–Crippen LogP) is -0.117. The number of carbonyl (C=O) groups is 1. The number of aliphatic carboxylic acids is 1. The van der Waals surface area contributed by atoms with Crippen molar-refractivity contribution >= 4 is 16.2 Å². The monoisotopic (exact) mass is 302 g/mol. The fraction of sp³-hybridized carbons (Fsp3) is 0.636. The second kappa shape index (κ2) is 5.90. The lowest BCUT2D eigenvalue weighted by atomic mass is 9.99. The topological polar surface area (TPSA) is 107 Å². The summed E-state index contributed by atoms with van der Waals surface area (Å²) in [7, 11) is -2.05. The maximum Gasteiger partial charge on any atom is 0.306 e. The van der Waals surface area contributed by atoms with Crippen LogP contribution in [0, 0.1) is 5.92 Å². The first-order valence-corrected chi connectivity index (χ1v) is 7.73. The molecule has 8 nitrogen and oxygen atoms in total. The molecule has 2 rings (SSSR count). The van der Waals surface area contributed by atoms with Gasteiger partial charge in [0.25, 0.3) is 10.2 Å². The highest BCUT2D eigenvalue weighted by molar-refractivity contribution is 7.86. The molecule has 1 aliphatic heterocycles. The second-order valence-corrected chi connectivity index (χ2v) is 6.92. The van der Waals surface area contributed by atoms with E-state index in [2.05, 4.69) is 10.2 Å². The molecule has 112 valence electrons. The van der Waals surface area contributed by atoms with Crippen LogP contribution in [-0.2, 0) is 21.5 Å². The molecule has 0 bridgehead atoms. The van der Waals surface area contributed by atoms with Crippen molar-refractivity contribution in [1.29, 1.82) is 0 Å². The smallest absolute Gasteiger partial charge is 0.306 e. The molecule has 0 unspecified atom stereocenters. The van der Waals surface area contributed by atoms with Gasteiger partial charge in [0.1, 0.15) is 0 Å². The van der Waals surface area contributed by atoms with Crippen molar-refractivity contribution in [3.8, 4) is 0 Å². The Morgan fingerprint density at radius 2 is 2.20 bits per heavy atom. The summed E-state index contributed by atoms with van der Waals surface area (Å²) in [6.45, 7) is 0.724. The van der Waals surface area contributed by atoms with Gasteiger partial charge in [-0.05, 0) is 12.8 Å². The van der Waals surface area contributed by atoms with Crippen molar-refractivity contribution in [3.63, 3.8) is 0 Å². The van der Waals surface area contributed by atoms with Gasteiger partial charge in [-0.15, -0.1) is 0 Å². The maximum atomic E-state index is 12.4. The highest BCUT2D eigenvalue weighted by Crippen LogP contribution is 2.21. The van der Waals surface area contributed by atoms with E-state index in [-0.39, 0.29) is 19.6 Å². The minimum absolute atomic E-state index is 0.234. The average molecular weight is 302 g/mol. The molecule has 0 aromatic carbocycles. The first-order valence-electron chi connectivity index (χ1n) is 6.33. The lowest BCUT2D eigenvalue weighted by Crippen LogP contribution is -2.46. The number of carboxylic acid groups (broad SMARTS) is 1. The number of carboxylic acids is 1. The molecule has 0 atom stereocenters. The van der Waals surface area contributed by atoms with Gasteiger partial charge < -0.3 is 5.11 Å². The number of nitrogens with one attached hydrogen (secondary N) is 1. The predicted molar refractivity (Wildman–Crippen MR) is 70.9 cm³/mol. The van der Waals surface area contributed by atoms with E-state index in [9.17, 15) is 13.2 Å². The molecule has 2 N–H and O–H groups in total. The highest BCUT2D eigenvalue weighted by Gasteiger charge is 2.33. The first-order chi connectivity index (χ1) is 9.41. The molecule has 1 fully saturated rings. The average Bonchev–Trinajstić information content (AvgIpc) is 2.91. The molecule has 0 aliphatic carbocycles. The quantitative estimate of drug-likeness (QED) is 0.789. The Morgan fingerprint density at radius 3 is 2.70 bits per heavy atom. The van der Waals surface area contributed by atoms with Gasteiger partial charge in [0, 0.05) is 38.4 Å². The van der Waals surface area contributed by atoms with Gasteiger partial charge in [-0.1, -0.05) is 0 Å². The summed E-state index contributed by atoms with van der Waals surface area (Å²) in [4.78, 5) is 10.9. The molecule has 0 saturated carbocycles. The van der Waals surface area contributed by atoms with Crippen LogP contribution in [0.2, 0.25) is 0 Å². The van der Waals surface area contributed by atoms with Gasteiger partial charge >= 0.3 is 5.97 Å². The highest BCUT2D eigenvalue weighted by atomic mass is 32.2. The Bertz CT molecular complexity index is 549. The Balaban J connectivity index is 1.98. The molecule has 1 saturated heterocycles. The van der Waals surface area contributed by atoms with Crippen LogP contribution in [0.3, 0.4) is 0 Å². The standard InChI is InChI=1S/C11H18N4O4S/c1-14(8-9-6-12-13-7-9)20(18,19)15-4-2-10(3-5-15)11(16)17/h6-7,10H,2-5,8H2,1H3,(H,12,13)(H,16,17). The summed E-state index contributed by atoms with van der Waals surface area (Å²) in [6.07, 6.45) is 3.92. The Hall–Kier alpha value is -1.45. The minimum atomic E-state index is -3.56. The number of hydrogen-bond donors (Lipinski definition) is 2. The van der Waals surface area contributed by atoms with Crippen LogP contribution < -0.4 is 0 Å². The van der Waals surface area contributed by atoms with Crippen LogP contribution in [0.15, 0.2) is 12.4 Å². The number of hydrogen-bond acceptors (Lipinski definition) is 4. The largest absolute Gasteiger partial charge is 0.481 e. The molecule has 2 heterocycles. The molecule has 1 aromatic heterocycles. The summed E-state index contributed by atoms with van der Waals surface area (Å²) < 4.78 is 27.3. The molecule has 20 heavy (non-hydrogen) atoms. The molecule has 1 aliphatic rings. The third kappa shape index (κ3) is 3.17. The fourth-order valence-electron chi connectivity index (χ4n) is 2.23. The number of aromatic nitrogens is 2. The summed E-state index contributed by atoms with van der Waals surface area (Å²) in [5.74, 6) is -1.30. The number of aromatic amines is 1. The Kier molecular flexibility index (Phi) is 4.41. The van der Waals surface area contributed by atoms with Gasteiger partial charge in [-0.3, -0.25) is 9.89 Å². The van der Waals surface area contributed by atoms with E-state index in [0.29, 0.717) is 12.8 Å². The first kappa shape index (κ1) is 14.9. The minimum Gasteiger partial charge on any atom is -0.481 e. The molecule has 9 heteroatoms. The number of nitrogens with zero attached hydrogens (tertiary/aromatic N) is 3. The summed E-state index contributed by atoms with van der Waals surface area (Å²) in [5, 5.41) is 15.3. The van der Waals surface area contributed by atoms with Crippen LogP contribution in [0.5, 0.6) is 0 Å². The van der Waals surface area contributed by atoms with Crippen LogP contribution >= 0.6 is 0 Å². The van der Waals surface area contributed by atoms with E-state index in [1.165, 1.54) is 15.7 Å². The summed E-state index contributed by atoms with van der Waals surface area (Å²) in [6, 6.07) is 0. The number of piperidine rings is 1. The van der Waals surface area contributed by atoms with Gasteiger partial charge in [0.05, 0.1) is 12.1 Å². The molecule has 0 spiro atoms. The van der Waals surface area contributed by atoms with E-state index in [4.69, 9.17) is 5.11 Å². The van der Waals surface area contributed by atoms with Crippen molar-refractivity contribution < 1.29 is 18.3 Å². The third-order valence-electron chi connectivity index (χ3n) is 3.48. The molecule has 1 aromatic rings. The van der Waals surface area contributed by atoms with Crippen molar-refractivity contribution in [2.75, 3.05) is 20.1 Å². The summed E-state index contributed by atoms with van der Waals surface area (Å²) in [5.41, 5.74) is 0.775. The van der Waals surface area contributed by atoms with E-state index in [0.717, 1.165) is 5.56 Å². The normalized spacial score (nSPS) is 18.5. The van der Waals surface area contributed by atoms with Crippen molar-refractivity contribution in [1.82, 2.24) is 18.8 Å². The summed E-state index contributed by atoms with van der Waals surface area (Å²) >= 11 is 0. The van der Waals surface area contributed by atoms with Crippen LogP contribution in [-0.4, -0.2) is 58.4 Å². The van der Waals surface area contributed by atoms with Gasteiger partial charge in [-0.25, -0.2) is 0 Å². The Labute approximate surface area is 117 Å². The number of H-pyrrole nitrogens is 1. The molecular weight excluding hydrogens is 284 g/mol. The van der Waals surface area contributed by atoms with Crippen molar-refractivity contribution in [2.24, 2.45) is 5.92 Å². The van der Waals surface area contributed by atoms with Crippen molar-refractivity contribution in [3.05, 3.63) is 18.0 Å². The van der Waals surface area contributed by atoms with E-state index in [1.54, 1.807) is 12.4 Å². The third-order valence-corrected chi connectivity index (χ3v) is 5.42. The zero-order valence-corrected chi connectivity index (χ0v) is 12.0. The Morgan fingerprint density at radius 1 is 1.55 bits per heavy atom. The molecule has 0 amide bonds. The van der Waals surface area contributed by atoms with Crippen LogP contribution in [0.1, 0.15) is 18.4 Å². The van der Waals surface area contributed by atoms with E-state index in [1.807, 2.05) is 0 Å². The SMILES string of the molecule is CN(Cc1cn[nH]c1)S(=O)(=O)N1CCC(C(=O)O)CC1. The van der Waals surface area contributed by atoms with Crippen molar-refractivity contribution in [2.45, 2.75) is 19.4 Å². The maximum absolute atomic E-state index is 12.4. The zero-order valence-electron chi connectivity index (χ0n) is 11.2. The lowest BCUT2D eigenvalue weighted by molar-refractivity contribution is -0.142. The van der Waals surface area contributed by atoms with Gasteiger partial charge in [0.2, 0.25) is 0 Å². The zero-order chi connectivity index (χ0) is 14.8. The fourth-order valence-corrected chi connectivity index (χ4v) is 3.61. The molecular formula is C11H18N4O4S. The number of rotatable bonds is 5. The van der Waals surface area contributed by atoms with Gasteiger partial charge in [-0.2, -0.15) is 22.1 Å². The van der Waals surface area contributed by atoms with E-state index >= 15 is 0 Å². The van der Waals surface area contributed by atoms with E-state index < -0.39 is 22.1 Å².